The Morgan fingerprint density at radius 1 is 0.450 bits per heavy atom. The monoisotopic (exact) mass is 526 g/mol. The third kappa shape index (κ3) is 6.29. The average molecular weight is 527 g/mol. The van der Waals surface area contributed by atoms with E-state index in [9.17, 15) is 0 Å². The van der Waals surface area contributed by atoms with E-state index >= 15 is 0 Å². The maximum Gasteiger partial charge on any atom is 0.126 e. The second-order valence-electron chi connectivity index (χ2n) is 11.1. The zero-order valence-corrected chi connectivity index (χ0v) is 23.9. The van der Waals surface area contributed by atoms with Gasteiger partial charge in [0, 0.05) is 11.1 Å². The van der Waals surface area contributed by atoms with Crippen LogP contribution in [0, 0.1) is 11.8 Å². The summed E-state index contributed by atoms with van der Waals surface area (Å²) in [5.74, 6) is 2.77. The molecule has 5 aromatic rings. The van der Waals surface area contributed by atoms with Gasteiger partial charge in [-0.15, -0.1) is 0 Å². The Morgan fingerprint density at radius 2 is 0.775 bits per heavy atom. The largest absolute Gasteiger partial charge is 0.493 e. The van der Waals surface area contributed by atoms with Crippen molar-refractivity contribution in [3.63, 3.8) is 0 Å². The lowest BCUT2D eigenvalue weighted by molar-refractivity contribution is 0.270. The van der Waals surface area contributed by atoms with Crippen LogP contribution in [0.5, 0.6) is 11.5 Å². The van der Waals surface area contributed by atoms with E-state index < -0.39 is 0 Å². The summed E-state index contributed by atoms with van der Waals surface area (Å²) in [6.07, 6.45) is 8.85. The van der Waals surface area contributed by atoms with Gasteiger partial charge in [-0.2, -0.15) is 0 Å². The first-order valence-electron chi connectivity index (χ1n) is 14.2. The predicted octanol–water partition coefficient (Wildman–Crippen LogP) is 10.4. The van der Waals surface area contributed by atoms with Crippen LogP contribution in [0.1, 0.15) is 49.9 Å². The van der Waals surface area contributed by atoms with Gasteiger partial charge in [-0.25, -0.2) is 0 Å². The fourth-order valence-electron chi connectivity index (χ4n) is 4.91. The first-order chi connectivity index (χ1) is 19.5. The molecule has 0 unspecified atom stereocenters. The van der Waals surface area contributed by atoms with Crippen LogP contribution in [0.3, 0.4) is 0 Å². The smallest absolute Gasteiger partial charge is 0.126 e. The van der Waals surface area contributed by atoms with Crippen molar-refractivity contribution in [1.82, 2.24) is 0 Å². The minimum Gasteiger partial charge on any atom is -0.493 e. The summed E-state index contributed by atoms with van der Waals surface area (Å²) in [6.45, 7) is 10.1. The molecule has 2 heteroatoms. The van der Waals surface area contributed by atoms with Crippen LogP contribution >= 0.6 is 0 Å². The molecule has 0 aliphatic carbocycles. The van der Waals surface area contributed by atoms with E-state index in [2.05, 4.69) is 137 Å². The molecule has 202 valence electrons. The number of hydrogen-bond donors (Lipinski definition) is 0. The second-order valence-corrected chi connectivity index (χ2v) is 11.1. The van der Waals surface area contributed by atoms with Crippen LogP contribution in [-0.4, -0.2) is 13.2 Å². The van der Waals surface area contributed by atoms with Gasteiger partial charge in [0.1, 0.15) is 11.5 Å². The lowest BCUT2D eigenvalue weighted by atomic mass is 9.90. The topological polar surface area (TPSA) is 18.5 Å². The van der Waals surface area contributed by atoms with Gasteiger partial charge in [0.15, 0.2) is 0 Å². The summed E-state index contributed by atoms with van der Waals surface area (Å²) in [5, 5.41) is 4.90. The van der Waals surface area contributed by atoms with Crippen molar-refractivity contribution in [2.45, 2.75) is 27.7 Å². The van der Waals surface area contributed by atoms with E-state index in [1.807, 2.05) is 12.1 Å². The molecule has 0 aliphatic rings. The van der Waals surface area contributed by atoms with Crippen LogP contribution in [0.4, 0.5) is 0 Å². The van der Waals surface area contributed by atoms with Crippen molar-refractivity contribution in [2.75, 3.05) is 13.2 Å². The summed E-state index contributed by atoms with van der Waals surface area (Å²) >= 11 is 0. The summed E-state index contributed by atoms with van der Waals surface area (Å²) in [7, 11) is 0. The minimum absolute atomic E-state index is 0.472. The first kappa shape index (κ1) is 27.3. The van der Waals surface area contributed by atoms with Gasteiger partial charge >= 0.3 is 0 Å². The fraction of sp³-hybridized carbons (Fsp3) is 0.211. The highest BCUT2D eigenvalue weighted by molar-refractivity contribution is 6.14. The highest BCUT2D eigenvalue weighted by atomic mass is 16.5. The molecule has 0 saturated carbocycles. The molecular weight excluding hydrogens is 488 g/mol. The van der Waals surface area contributed by atoms with Gasteiger partial charge in [-0.05, 0) is 56.6 Å². The van der Waals surface area contributed by atoms with Gasteiger partial charge in [-0.3, -0.25) is 0 Å². The summed E-state index contributed by atoms with van der Waals surface area (Å²) in [4.78, 5) is 0. The van der Waals surface area contributed by atoms with E-state index in [4.69, 9.17) is 9.47 Å². The Kier molecular flexibility index (Phi) is 8.66. The number of ether oxygens (including phenoxy) is 2. The van der Waals surface area contributed by atoms with E-state index in [1.54, 1.807) is 0 Å². The molecule has 5 aromatic carbocycles. The van der Waals surface area contributed by atoms with Crippen LogP contribution in [0.15, 0.2) is 97.1 Å². The van der Waals surface area contributed by atoms with Gasteiger partial charge in [-0.1, -0.05) is 137 Å². The molecule has 0 fully saturated rings. The molecule has 0 N–H and O–H groups in total. The number of fused-ring (bicyclic) bond motifs is 2. The Labute approximate surface area is 238 Å². The molecule has 0 radical (unpaired) electrons. The maximum absolute atomic E-state index is 6.12. The Bertz CT molecular complexity index is 1480. The number of benzene rings is 5. The van der Waals surface area contributed by atoms with Gasteiger partial charge in [0.25, 0.3) is 0 Å². The zero-order chi connectivity index (χ0) is 27.9. The van der Waals surface area contributed by atoms with Gasteiger partial charge in [0.05, 0.1) is 13.2 Å². The summed E-state index contributed by atoms with van der Waals surface area (Å²) < 4.78 is 12.2. The molecule has 0 heterocycles. The van der Waals surface area contributed by atoms with E-state index in [0.717, 1.165) is 22.6 Å². The average Bonchev–Trinajstić information content (AvgIpc) is 2.97. The molecule has 0 saturated heterocycles. The zero-order valence-electron chi connectivity index (χ0n) is 23.9. The minimum atomic E-state index is 0.472. The van der Waals surface area contributed by atoms with Crippen LogP contribution in [0.25, 0.3) is 45.8 Å². The van der Waals surface area contributed by atoms with Crippen molar-refractivity contribution in [3.05, 3.63) is 119 Å². The van der Waals surface area contributed by atoms with E-state index in [-0.39, 0.29) is 0 Å². The van der Waals surface area contributed by atoms with E-state index in [1.165, 1.54) is 32.7 Å². The van der Waals surface area contributed by atoms with Gasteiger partial charge in [0.2, 0.25) is 0 Å². The number of rotatable bonds is 10. The Morgan fingerprint density at radius 3 is 1.12 bits per heavy atom. The quantitative estimate of drug-likeness (QED) is 0.133. The third-order valence-electron chi connectivity index (χ3n) is 6.86. The van der Waals surface area contributed by atoms with Crippen LogP contribution in [-0.2, 0) is 0 Å². The summed E-state index contributed by atoms with van der Waals surface area (Å²) in [6, 6.07) is 33.9. The van der Waals surface area contributed by atoms with Crippen molar-refractivity contribution >= 4 is 45.8 Å². The lowest BCUT2D eigenvalue weighted by Crippen LogP contribution is -2.05. The number of hydrogen-bond acceptors (Lipinski definition) is 2. The first-order valence-corrected chi connectivity index (χ1v) is 14.2. The molecule has 2 nitrogen and oxygen atoms in total. The highest BCUT2D eigenvalue weighted by Gasteiger charge is 2.11. The maximum atomic E-state index is 6.12. The Hall–Kier alpha value is -4.30. The number of para-hydroxylation sites is 2. The fourth-order valence-corrected chi connectivity index (χ4v) is 4.91. The van der Waals surface area contributed by atoms with Crippen molar-refractivity contribution < 1.29 is 9.47 Å². The van der Waals surface area contributed by atoms with Crippen LogP contribution in [0.2, 0.25) is 0 Å². The third-order valence-corrected chi connectivity index (χ3v) is 6.86. The van der Waals surface area contributed by atoms with Crippen molar-refractivity contribution in [1.29, 1.82) is 0 Å². The lowest BCUT2D eigenvalue weighted by Gasteiger charge is -2.14. The molecule has 0 spiro atoms. The predicted molar refractivity (Wildman–Crippen MR) is 173 cm³/mol. The molecule has 0 amide bonds. The standard InChI is InChI=1S/C38H38O2/c1-27(2)25-39-37-19-11-5-13-29(37)21-23-35-31-15-7-9-17-33(31)36(34-18-10-8-16-32(34)35)24-22-30-14-6-12-20-38(30)40-26-28(3)4/h5-24,27-28H,25-26H2,1-4H3/b23-21+,24-22+. The summed E-state index contributed by atoms with van der Waals surface area (Å²) in [5.41, 5.74) is 4.59. The van der Waals surface area contributed by atoms with E-state index in [0.29, 0.717) is 25.0 Å². The normalized spacial score (nSPS) is 11.9. The SMILES string of the molecule is CC(C)COc1ccccc1/C=C/c1c2ccccc2c(/C=C/c2ccccc2OCC(C)C)c2ccccc12. The molecule has 5 rings (SSSR count). The van der Waals surface area contributed by atoms with Crippen molar-refractivity contribution in [3.8, 4) is 11.5 Å². The molecule has 0 bridgehead atoms. The molecule has 40 heavy (non-hydrogen) atoms. The molecule has 0 aromatic heterocycles. The molecule has 0 atom stereocenters. The van der Waals surface area contributed by atoms with Gasteiger partial charge < -0.3 is 9.47 Å². The highest BCUT2D eigenvalue weighted by Crippen LogP contribution is 2.36. The van der Waals surface area contributed by atoms with Crippen LogP contribution < -0.4 is 9.47 Å². The van der Waals surface area contributed by atoms with Crippen molar-refractivity contribution in [2.24, 2.45) is 11.8 Å². The molecular formula is C38H38O2. The second kappa shape index (κ2) is 12.7. The molecule has 0 aliphatic heterocycles. The Balaban J connectivity index is 1.60.